The number of rotatable bonds is 4. The first-order chi connectivity index (χ1) is 16.8. The molecule has 3 heterocycles. The van der Waals surface area contributed by atoms with Crippen molar-refractivity contribution in [1.82, 2.24) is 14.5 Å². The first kappa shape index (κ1) is 22.5. The summed E-state index contributed by atoms with van der Waals surface area (Å²) >= 11 is 0. The molecule has 0 aliphatic rings. The van der Waals surface area contributed by atoms with Crippen molar-refractivity contribution in [3.05, 3.63) is 121 Å². The molecule has 3 aromatic carbocycles. The van der Waals surface area contributed by atoms with Crippen LogP contribution in [0, 0.1) is 18.7 Å². The normalized spacial score (nSPS) is 10.6. The Morgan fingerprint density at radius 1 is 0.771 bits per heavy atom. The van der Waals surface area contributed by atoms with Gasteiger partial charge in [0.2, 0.25) is 5.88 Å². The van der Waals surface area contributed by atoms with Gasteiger partial charge in [0.1, 0.15) is 5.82 Å². The number of hydrogen-bond acceptors (Lipinski definition) is 3. The number of benzene rings is 3. The van der Waals surface area contributed by atoms with Gasteiger partial charge in [-0.15, -0.1) is 18.2 Å². The standard InChI is InChI=1S/C29H16N4O.Pt/c1-30-22-14-16-31-28(19-22)33-26-10-3-2-9-24(26)25-13-12-21(18-27(25)33)20-7-6-8-23(17-20)34-29-11-4-5-15-32-29;/h2-16,19H;/q-2;+2. The molecule has 6 heteroatoms. The Bertz CT molecular complexity index is 1700. The Kier molecular flexibility index (Phi) is 6.14. The Morgan fingerprint density at radius 2 is 1.63 bits per heavy atom. The van der Waals surface area contributed by atoms with E-state index in [-0.39, 0.29) is 21.1 Å². The predicted octanol–water partition coefficient (Wildman–Crippen LogP) is 7.18. The number of fused-ring (bicyclic) bond motifs is 3. The van der Waals surface area contributed by atoms with E-state index in [9.17, 15) is 0 Å². The molecular weight excluding hydrogens is 615 g/mol. The van der Waals surface area contributed by atoms with Crippen LogP contribution in [0.15, 0.2) is 97.3 Å². The molecule has 35 heavy (non-hydrogen) atoms. The van der Waals surface area contributed by atoms with Crippen LogP contribution in [0.25, 0.3) is 43.6 Å². The summed E-state index contributed by atoms with van der Waals surface area (Å²) < 4.78 is 7.92. The third-order valence-electron chi connectivity index (χ3n) is 5.58. The minimum atomic E-state index is 0. The molecule has 5 nitrogen and oxygen atoms in total. The van der Waals surface area contributed by atoms with Gasteiger partial charge in [0.15, 0.2) is 5.69 Å². The summed E-state index contributed by atoms with van der Waals surface area (Å²) in [6, 6.07) is 34.0. The molecule has 0 spiro atoms. The molecule has 6 aromatic rings. The molecule has 0 bridgehead atoms. The predicted molar refractivity (Wildman–Crippen MR) is 132 cm³/mol. The molecule has 0 radical (unpaired) electrons. The van der Waals surface area contributed by atoms with Crippen LogP contribution in [0.1, 0.15) is 0 Å². The molecule has 0 aliphatic carbocycles. The summed E-state index contributed by atoms with van der Waals surface area (Å²) in [6.45, 7) is 7.40. The topological polar surface area (TPSA) is 44.3 Å². The van der Waals surface area contributed by atoms with E-state index >= 15 is 0 Å². The first-order valence-corrected chi connectivity index (χ1v) is 10.7. The zero-order valence-electron chi connectivity index (χ0n) is 18.3. The minimum Gasteiger partial charge on any atom is -0.460 e. The third kappa shape index (κ3) is 4.21. The van der Waals surface area contributed by atoms with Gasteiger partial charge < -0.3 is 9.30 Å². The molecule has 0 amide bonds. The minimum absolute atomic E-state index is 0. The molecule has 0 N–H and O–H groups in total. The van der Waals surface area contributed by atoms with Crippen LogP contribution in [0.2, 0.25) is 0 Å². The Balaban J connectivity index is 0.00000253. The van der Waals surface area contributed by atoms with E-state index in [1.165, 1.54) is 0 Å². The molecule has 0 saturated carbocycles. The van der Waals surface area contributed by atoms with Gasteiger partial charge in [-0.05, 0) is 35.2 Å². The zero-order chi connectivity index (χ0) is 22.9. The van der Waals surface area contributed by atoms with Gasteiger partial charge in [-0.3, -0.25) is 0 Å². The fourth-order valence-electron chi connectivity index (χ4n) is 4.07. The van der Waals surface area contributed by atoms with Gasteiger partial charge >= 0.3 is 21.1 Å². The van der Waals surface area contributed by atoms with Gasteiger partial charge in [-0.25, -0.2) is 25.9 Å². The van der Waals surface area contributed by atoms with Gasteiger partial charge in [0.05, 0.1) is 6.57 Å². The van der Waals surface area contributed by atoms with Crippen molar-refractivity contribution in [1.29, 1.82) is 0 Å². The van der Waals surface area contributed by atoms with Crippen LogP contribution in [0.5, 0.6) is 11.6 Å². The summed E-state index contributed by atoms with van der Waals surface area (Å²) in [5.41, 5.74) is 4.17. The first-order valence-electron chi connectivity index (χ1n) is 10.7. The second-order valence-corrected chi connectivity index (χ2v) is 7.67. The van der Waals surface area contributed by atoms with E-state index in [2.05, 4.69) is 49.7 Å². The molecule has 168 valence electrons. The van der Waals surface area contributed by atoms with Crippen LogP contribution >= 0.6 is 0 Å². The van der Waals surface area contributed by atoms with Crippen molar-refractivity contribution < 1.29 is 25.8 Å². The summed E-state index contributed by atoms with van der Waals surface area (Å²) in [6.07, 6.45) is 3.36. The van der Waals surface area contributed by atoms with Crippen LogP contribution in [0.4, 0.5) is 5.69 Å². The SMILES string of the molecule is [C-]#[N+]c1ccnc(-n2c3[c-]c(-c4[c-]c(Oc5ccccn5)ccc4)ccc3c3ccccc32)c1.[Pt+2]. The van der Waals surface area contributed by atoms with Crippen LogP contribution in [-0.2, 0) is 21.1 Å². The van der Waals surface area contributed by atoms with E-state index in [0.717, 1.165) is 32.9 Å². The molecule has 0 unspecified atom stereocenters. The average Bonchev–Trinajstić information content (AvgIpc) is 3.23. The van der Waals surface area contributed by atoms with E-state index in [1.54, 1.807) is 30.6 Å². The Hall–Kier alpha value is -4.26. The maximum absolute atomic E-state index is 7.40. The summed E-state index contributed by atoms with van der Waals surface area (Å²) in [7, 11) is 0. The van der Waals surface area contributed by atoms with Crippen molar-refractivity contribution in [3.63, 3.8) is 0 Å². The van der Waals surface area contributed by atoms with E-state index in [0.29, 0.717) is 23.1 Å². The Labute approximate surface area is 216 Å². The summed E-state index contributed by atoms with van der Waals surface area (Å²) in [4.78, 5) is 12.4. The van der Waals surface area contributed by atoms with Crippen LogP contribution in [0.3, 0.4) is 0 Å². The molecular formula is C29H16N4OPt. The van der Waals surface area contributed by atoms with E-state index in [1.807, 2.05) is 48.5 Å². The second kappa shape index (κ2) is 9.54. The van der Waals surface area contributed by atoms with Crippen molar-refractivity contribution >= 4 is 27.5 Å². The molecule has 6 rings (SSSR count). The van der Waals surface area contributed by atoms with Crippen LogP contribution in [-0.4, -0.2) is 14.5 Å². The fourth-order valence-corrected chi connectivity index (χ4v) is 4.07. The van der Waals surface area contributed by atoms with Gasteiger partial charge in [-0.2, -0.15) is 24.3 Å². The fraction of sp³-hybridized carbons (Fsp3) is 0. The van der Waals surface area contributed by atoms with E-state index in [4.69, 9.17) is 11.3 Å². The maximum Gasteiger partial charge on any atom is 2.00 e. The van der Waals surface area contributed by atoms with Crippen molar-refractivity contribution in [3.8, 4) is 28.6 Å². The molecule has 0 aliphatic heterocycles. The second-order valence-electron chi connectivity index (χ2n) is 7.67. The number of pyridine rings is 2. The van der Waals surface area contributed by atoms with Crippen molar-refractivity contribution in [2.24, 2.45) is 0 Å². The average molecular weight is 632 g/mol. The summed E-state index contributed by atoms with van der Waals surface area (Å²) in [5.74, 6) is 1.78. The molecule has 3 aromatic heterocycles. The number of nitrogens with zero attached hydrogens (tertiary/aromatic N) is 4. The number of para-hydroxylation sites is 1. The number of hydrogen-bond donors (Lipinski definition) is 0. The van der Waals surface area contributed by atoms with Gasteiger partial charge in [0.25, 0.3) is 0 Å². The molecule has 0 fully saturated rings. The molecule has 0 atom stereocenters. The Morgan fingerprint density at radius 3 is 2.49 bits per heavy atom. The maximum atomic E-state index is 7.40. The van der Waals surface area contributed by atoms with Crippen molar-refractivity contribution in [2.45, 2.75) is 0 Å². The number of ether oxygens (including phenoxy) is 1. The quantitative estimate of drug-likeness (QED) is 0.194. The largest absolute Gasteiger partial charge is 2.00 e. The van der Waals surface area contributed by atoms with Gasteiger partial charge in [-0.1, -0.05) is 29.7 Å². The van der Waals surface area contributed by atoms with Crippen molar-refractivity contribution in [2.75, 3.05) is 0 Å². The van der Waals surface area contributed by atoms with Crippen LogP contribution < -0.4 is 4.74 Å². The van der Waals surface area contributed by atoms with Gasteiger partial charge in [0, 0.05) is 29.7 Å². The number of aromatic nitrogens is 3. The zero-order valence-corrected chi connectivity index (χ0v) is 20.5. The van der Waals surface area contributed by atoms with E-state index < -0.39 is 0 Å². The monoisotopic (exact) mass is 631 g/mol. The summed E-state index contributed by atoms with van der Waals surface area (Å²) in [5, 5.41) is 2.17. The smallest absolute Gasteiger partial charge is 0.460 e. The third-order valence-corrected chi connectivity index (χ3v) is 5.58. The molecule has 0 saturated heterocycles.